The Morgan fingerprint density at radius 3 is 2.43 bits per heavy atom. The minimum Gasteiger partial charge on any atom is -0.457 e. The Labute approximate surface area is 244 Å². The second kappa shape index (κ2) is 11.7. The number of aryl methyl sites for hydroxylation is 1. The zero-order valence-corrected chi connectivity index (χ0v) is 24.2. The van der Waals surface area contributed by atoms with Crippen molar-refractivity contribution in [3.05, 3.63) is 119 Å². The van der Waals surface area contributed by atoms with Crippen LogP contribution < -0.4 is 20.9 Å². The molecule has 0 radical (unpaired) electrons. The summed E-state index contributed by atoms with van der Waals surface area (Å²) >= 11 is 0. The highest BCUT2D eigenvalue weighted by Crippen LogP contribution is 2.29. The number of pyridine rings is 2. The molecule has 0 fully saturated rings. The van der Waals surface area contributed by atoms with Crippen molar-refractivity contribution in [3.63, 3.8) is 0 Å². The molecule has 42 heavy (non-hydrogen) atoms. The van der Waals surface area contributed by atoms with E-state index in [2.05, 4.69) is 46.4 Å². The fraction of sp³-hybridized carbons (Fsp3) is 0.182. The standard InChI is InChI=1S/C33H32N6O3/c1-21-26(10-7-11-27(21)38-31(40)22-12-13-29(35-19-22)33(2,3)4)28-20-39(5)32(41)30(37-28)36-23-8-6-9-25(18-23)42-24-14-16-34-17-15-24/h6-20H,1-5H3,(H,36,37)(H,38,40). The third kappa shape index (κ3) is 6.36. The van der Waals surface area contributed by atoms with E-state index in [4.69, 9.17) is 4.74 Å². The lowest BCUT2D eigenvalue weighted by Gasteiger charge is -2.18. The van der Waals surface area contributed by atoms with E-state index in [9.17, 15) is 9.59 Å². The first-order chi connectivity index (χ1) is 20.1. The Morgan fingerprint density at radius 1 is 0.952 bits per heavy atom. The molecule has 212 valence electrons. The van der Waals surface area contributed by atoms with Crippen LogP contribution in [0.25, 0.3) is 11.3 Å². The number of ether oxygens (including phenoxy) is 1. The van der Waals surface area contributed by atoms with Gasteiger partial charge in [0.15, 0.2) is 5.82 Å². The smallest absolute Gasteiger partial charge is 0.293 e. The van der Waals surface area contributed by atoms with Crippen LogP contribution in [0.1, 0.15) is 42.4 Å². The van der Waals surface area contributed by atoms with Crippen LogP contribution in [-0.2, 0) is 12.5 Å². The van der Waals surface area contributed by atoms with Crippen LogP contribution in [-0.4, -0.2) is 25.4 Å². The summed E-state index contributed by atoms with van der Waals surface area (Å²) in [5.41, 5.74) is 4.45. The Bertz CT molecular complexity index is 1790. The maximum Gasteiger partial charge on any atom is 0.293 e. The molecule has 9 nitrogen and oxygen atoms in total. The van der Waals surface area contributed by atoms with E-state index in [0.29, 0.717) is 34.1 Å². The van der Waals surface area contributed by atoms with Gasteiger partial charge in [0.2, 0.25) is 0 Å². The fourth-order valence-electron chi connectivity index (χ4n) is 4.35. The molecule has 9 heteroatoms. The summed E-state index contributed by atoms with van der Waals surface area (Å²) in [7, 11) is 1.68. The molecule has 5 aromatic rings. The summed E-state index contributed by atoms with van der Waals surface area (Å²) in [6, 6.07) is 20.1. The maximum atomic E-state index is 13.0. The number of amides is 1. The summed E-state index contributed by atoms with van der Waals surface area (Å²) in [5, 5.41) is 6.13. The van der Waals surface area contributed by atoms with Crippen LogP contribution in [0.5, 0.6) is 11.5 Å². The SMILES string of the molecule is Cc1c(NC(=O)c2ccc(C(C)(C)C)nc2)cccc1-c1cn(C)c(=O)c(Nc2cccc(Oc3ccncc3)c2)n1. The van der Waals surface area contributed by atoms with Gasteiger partial charge in [-0.15, -0.1) is 0 Å². The van der Waals surface area contributed by atoms with Gasteiger partial charge in [-0.2, -0.15) is 0 Å². The highest BCUT2D eigenvalue weighted by molar-refractivity contribution is 6.04. The predicted octanol–water partition coefficient (Wildman–Crippen LogP) is 6.63. The van der Waals surface area contributed by atoms with Gasteiger partial charge in [0.25, 0.3) is 11.5 Å². The van der Waals surface area contributed by atoms with Crippen molar-refractivity contribution in [3.8, 4) is 22.8 Å². The van der Waals surface area contributed by atoms with Crippen molar-refractivity contribution in [2.75, 3.05) is 10.6 Å². The third-order valence-corrected chi connectivity index (χ3v) is 6.71. The molecular weight excluding hydrogens is 528 g/mol. The van der Waals surface area contributed by atoms with Crippen LogP contribution in [0, 0.1) is 6.92 Å². The van der Waals surface area contributed by atoms with E-state index in [1.807, 2.05) is 49.4 Å². The van der Waals surface area contributed by atoms with Gasteiger partial charge in [0.1, 0.15) is 11.5 Å². The molecule has 0 saturated carbocycles. The number of nitrogens with one attached hydrogen (secondary N) is 2. The van der Waals surface area contributed by atoms with Gasteiger partial charge in [-0.05, 0) is 55.0 Å². The topological polar surface area (TPSA) is 111 Å². The molecule has 0 spiro atoms. The molecule has 0 aliphatic carbocycles. The number of carbonyl (C=O) groups excluding carboxylic acids is 1. The molecule has 5 rings (SSSR count). The van der Waals surface area contributed by atoms with E-state index in [1.54, 1.807) is 56.1 Å². The lowest BCUT2D eigenvalue weighted by molar-refractivity contribution is 0.102. The molecule has 3 heterocycles. The zero-order chi connectivity index (χ0) is 29.9. The average Bonchev–Trinajstić information content (AvgIpc) is 2.97. The van der Waals surface area contributed by atoms with Gasteiger partial charge in [-0.25, -0.2) is 4.98 Å². The van der Waals surface area contributed by atoms with Crippen LogP contribution in [0.15, 0.2) is 96.3 Å². The largest absolute Gasteiger partial charge is 0.457 e. The lowest BCUT2D eigenvalue weighted by Crippen LogP contribution is -2.21. The van der Waals surface area contributed by atoms with Gasteiger partial charge in [0.05, 0.1) is 11.3 Å². The Morgan fingerprint density at radius 2 is 1.71 bits per heavy atom. The summed E-state index contributed by atoms with van der Waals surface area (Å²) in [6.45, 7) is 8.14. The monoisotopic (exact) mass is 560 g/mol. The van der Waals surface area contributed by atoms with E-state index in [1.165, 1.54) is 4.57 Å². The molecule has 3 aromatic heterocycles. The highest BCUT2D eigenvalue weighted by atomic mass is 16.5. The quantitative estimate of drug-likeness (QED) is 0.230. The number of nitrogens with zero attached hydrogens (tertiary/aromatic N) is 4. The molecule has 0 bridgehead atoms. The number of carbonyl (C=O) groups is 1. The van der Waals surface area contributed by atoms with Gasteiger partial charge in [-0.1, -0.05) is 39.0 Å². The fourth-order valence-corrected chi connectivity index (χ4v) is 4.35. The van der Waals surface area contributed by atoms with E-state index in [-0.39, 0.29) is 22.7 Å². The molecule has 0 aliphatic rings. The van der Waals surface area contributed by atoms with Crippen molar-refractivity contribution < 1.29 is 9.53 Å². The third-order valence-electron chi connectivity index (χ3n) is 6.71. The molecule has 1 amide bonds. The first-order valence-electron chi connectivity index (χ1n) is 13.5. The van der Waals surface area contributed by atoms with E-state index >= 15 is 0 Å². The average molecular weight is 561 g/mol. The Balaban J connectivity index is 1.39. The molecule has 2 N–H and O–H groups in total. The van der Waals surface area contributed by atoms with Crippen LogP contribution in [0.2, 0.25) is 0 Å². The van der Waals surface area contributed by atoms with Crippen molar-refractivity contribution in [2.45, 2.75) is 33.1 Å². The molecule has 0 unspecified atom stereocenters. The van der Waals surface area contributed by atoms with Gasteiger partial charge >= 0.3 is 0 Å². The maximum absolute atomic E-state index is 13.0. The van der Waals surface area contributed by atoms with Gasteiger partial charge in [-0.3, -0.25) is 19.6 Å². The summed E-state index contributed by atoms with van der Waals surface area (Å²) in [6.07, 6.45) is 6.58. The number of hydrogen-bond acceptors (Lipinski definition) is 7. The van der Waals surface area contributed by atoms with Crippen LogP contribution in [0.4, 0.5) is 17.2 Å². The first-order valence-corrected chi connectivity index (χ1v) is 13.5. The number of aromatic nitrogens is 4. The highest BCUT2D eigenvalue weighted by Gasteiger charge is 2.18. The normalized spacial score (nSPS) is 11.2. The van der Waals surface area contributed by atoms with Gasteiger partial charge < -0.3 is 19.9 Å². The lowest BCUT2D eigenvalue weighted by atomic mass is 9.91. The van der Waals surface area contributed by atoms with Gasteiger partial charge in [0, 0.05) is 65.9 Å². The van der Waals surface area contributed by atoms with Crippen molar-refractivity contribution in [1.29, 1.82) is 0 Å². The summed E-state index contributed by atoms with van der Waals surface area (Å²) in [5.74, 6) is 1.16. The van der Waals surface area contributed by atoms with Crippen molar-refractivity contribution in [2.24, 2.45) is 7.05 Å². The molecule has 2 aromatic carbocycles. The number of anilines is 3. The second-order valence-corrected chi connectivity index (χ2v) is 10.9. The minimum atomic E-state index is -0.285. The summed E-state index contributed by atoms with van der Waals surface area (Å²) in [4.78, 5) is 39.2. The molecule has 0 aliphatic heterocycles. The van der Waals surface area contributed by atoms with Crippen molar-refractivity contribution >= 4 is 23.1 Å². The number of benzene rings is 2. The summed E-state index contributed by atoms with van der Waals surface area (Å²) < 4.78 is 7.38. The second-order valence-electron chi connectivity index (χ2n) is 10.9. The van der Waals surface area contributed by atoms with E-state index in [0.717, 1.165) is 16.8 Å². The molecular formula is C33H32N6O3. The Kier molecular flexibility index (Phi) is 7.84. The van der Waals surface area contributed by atoms with E-state index < -0.39 is 0 Å². The van der Waals surface area contributed by atoms with Crippen LogP contribution >= 0.6 is 0 Å². The zero-order valence-electron chi connectivity index (χ0n) is 24.2. The Hall–Kier alpha value is -5.31. The minimum absolute atomic E-state index is 0.104. The molecule has 0 saturated heterocycles. The predicted molar refractivity (Wildman–Crippen MR) is 165 cm³/mol. The first kappa shape index (κ1) is 28.2. The van der Waals surface area contributed by atoms with Crippen molar-refractivity contribution in [1.82, 2.24) is 19.5 Å². The number of rotatable bonds is 7. The molecule has 0 atom stereocenters. The van der Waals surface area contributed by atoms with Crippen LogP contribution in [0.3, 0.4) is 0 Å². The number of hydrogen-bond donors (Lipinski definition) is 2.